The van der Waals surface area contributed by atoms with E-state index in [9.17, 15) is 27.5 Å². The van der Waals surface area contributed by atoms with Crippen LogP contribution in [0.15, 0.2) is 60.9 Å². The number of urea groups is 1. The predicted octanol–water partition coefficient (Wildman–Crippen LogP) is 1.37. The molecule has 13 heteroatoms. The van der Waals surface area contributed by atoms with Gasteiger partial charge >= 0.3 is 16.4 Å². The van der Waals surface area contributed by atoms with Gasteiger partial charge in [-0.2, -0.15) is 13.5 Å². The summed E-state index contributed by atoms with van der Waals surface area (Å²) in [4.78, 5) is 28.7. The summed E-state index contributed by atoms with van der Waals surface area (Å²) in [6, 6.07) is 9.58. The Bertz CT molecular complexity index is 1260. The number of benzene rings is 1. The SMILES string of the molecule is O=C([O-])[C@@H]1c2sc(-c3ccc(F)cc3)cc2[C@H]2CN1C(=O)N2OS(=O)(=O)O.c1cc[nH+]cc1. The van der Waals surface area contributed by atoms with Gasteiger partial charge in [0, 0.05) is 21.9 Å². The zero-order chi connectivity index (χ0) is 23.8. The Balaban J connectivity index is 0.000000376. The molecule has 0 unspecified atom stereocenters. The van der Waals surface area contributed by atoms with Crippen LogP contribution >= 0.6 is 11.3 Å². The number of hydrogen-bond donors (Lipinski definition) is 1. The largest absolute Gasteiger partial charge is 0.547 e. The minimum absolute atomic E-state index is 0.153. The fourth-order valence-electron chi connectivity index (χ4n) is 3.59. The predicted molar refractivity (Wildman–Crippen MR) is 110 cm³/mol. The van der Waals surface area contributed by atoms with Crippen LogP contribution < -0.4 is 10.1 Å². The smallest absolute Gasteiger partial charge is 0.418 e. The molecule has 5 rings (SSSR count). The second-order valence-electron chi connectivity index (χ2n) is 7.01. The highest BCUT2D eigenvalue weighted by Crippen LogP contribution is 2.49. The monoisotopic (exact) mass is 493 g/mol. The average molecular weight is 493 g/mol. The van der Waals surface area contributed by atoms with E-state index in [4.69, 9.17) is 4.55 Å². The number of hydroxylamine groups is 2. The van der Waals surface area contributed by atoms with Crippen molar-refractivity contribution in [3.8, 4) is 10.4 Å². The van der Waals surface area contributed by atoms with Gasteiger partial charge in [0.2, 0.25) is 0 Å². The Morgan fingerprint density at radius 1 is 1.21 bits per heavy atom. The summed E-state index contributed by atoms with van der Waals surface area (Å²) in [6.07, 6.45) is 3.75. The van der Waals surface area contributed by atoms with Crippen LogP contribution in [0.3, 0.4) is 0 Å². The number of aromatic nitrogens is 1. The van der Waals surface area contributed by atoms with Crippen LogP contribution in [0.4, 0.5) is 9.18 Å². The number of carboxylic acid groups (broad SMARTS) is 1. The van der Waals surface area contributed by atoms with Gasteiger partial charge in [-0.05, 0) is 29.3 Å². The summed E-state index contributed by atoms with van der Waals surface area (Å²) >= 11 is 1.07. The van der Waals surface area contributed by atoms with Crippen molar-refractivity contribution in [2.45, 2.75) is 12.1 Å². The molecule has 3 aromatic rings. The van der Waals surface area contributed by atoms with Crippen LogP contribution in [-0.4, -0.2) is 41.5 Å². The molecule has 1 fully saturated rings. The van der Waals surface area contributed by atoms with E-state index in [2.05, 4.69) is 9.27 Å². The molecule has 2 aliphatic heterocycles. The first-order chi connectivity index (χ1) is 15.7. The number of rotatable bonds is 4. The molecular weight excluding hydrogens is 477 g/mol. The maximum Gasteiger partial charge on any atom is 0.418 e. The van der Waals surface area contributed by atoms with Crippen molar-refractivity contribution in [3.05, 3.63) is 77.2 Å². The number of H-pyrrole nitrogens is 1. The van der Waals surface area contributed by atoms with Gasteiger partial charge in [-0.25, -0.2) is 14.2 Å². The lowest BCUT2D eigenvalue weighted by molar-refractivity contribution is -0.378. The van der Waals surface area contributed by atoms with E-state index in [-0.39, 0.29) is 11.4 Å². The number of aliphatic carboxylic acids is 1. The van der Waals surface area contributed by atoms with Crippen molar-refractivity contribution in [2.24, 2.45) is 0 Å². The third-order valence-electron chi connectivity index (χ3n) is 4.93. The molecule has 2 atom stereocenters. The highest BCUT2D eigenvalue weighted by Gasteiger charge is 2.51. The maximum atomic E-state index is 13.1. The van der Waals surface area contributed by atoms with Crippen molar-refractivity contribution in [1.29, 1.82) is 0 Å². The summed E-state index contributed by atoms with van der Waals surface area (Å²) in [5, 5.41) is 12.1. The van der Waals surface area contributed by atoms with Crippen molar-refractivity contribution >= 4 is 33.7 Å². The van der Waals surface area contributed by atoms with Crippen molar-refractivity contribution in [2.75, 3.05) is 6.54 Å². The van der Waals surface area contributed by atoms with Gasteiger partial charge < -0.3 is 14.8 Å². The molecule has 0 radical (unpaired) electrons. The second kappa shape index (κ2) is 8.86. The zero-order valence-corrected chi connectivity index (χ0v) is 18.3. The molecule has 33 heavy (non-hydrogen) atoms. The Morgan fingerprint density at radius 2 is 1.88 bits per heavy atom. The van der Waals surface area contributed by atoms with Crippen LogP contribution in [0.25, 0.3) is 10.4 Å². The van der Waals surface area contributed by atoms with Crippen molar-refractivity contribution in [1.82, 2.24) is 9.96 Å². The normalized spacial score (nSPS) is 19.0. The molecule has 0 saturated carbocycles. The Hall–Kier alpha value is -3.39. The zero-order valence-electron chi connectivity index (χ0n) is 16.6. The third kappa shape index (κ3) is 4.71. The number of hydrogen-bond acceptors (Lipinski definition) is 7. The first-order valence-electron chi connectivity index (χ1n) is 9.44. The number of pyridine rings is 1. The van der Waals surface area contributed by atoms with E-state index < -0.39 is 40.3 Å². The quantitative estimate of drug-likeness (QED) is 0.541. The summed E-state index contributed by atoms with van der Waals surface area (Å²) in [7, 11) is -4.99. The van der Waals surface area contributed by atoms with Gasteiger partial charge in [0.05, 0.1) is 12.5 Å². The van der Waals surface area contributed by atoms with Gasteiger partial charge in [0.15, 0.2) is 12.4 Å². The molecule has 2 amide bonds. The van der Waals surface area contributed by atoms with E-state index in [0.717, 1.165) is 16.2 Å². The average Bonchev–Trinajstić information content (AvgIpc) is 3.32. The summed E-state index contributed by atoms with van der Waals surface area (Å²) in [5.74, 6) is -1.97. The number of carboxylic acids is 1. The number of carbonyl (C=O) groups is 2. The maximum absolute atomic E-state index is 13.1. The number of carbonyl (C=O) groups excluding carboxylic acids is 2. The minimum Gasteiger partial charge on any atom is -0.547 e. The van der Waals surface area contributed by atoms with Crippen LogP contribution in [0, 0.1) is 5.82 Å². The fourth-order valence-corrected chi connectivity index (χ4v) is 5.29. The molecule has 10 nitrogen and oxygen atoms in total. The molecule has 172 valence electrons. The number of fused-ring (bicyclic) bond motifs is 4. The molecule has 1 saturated heterocycles. The molecular formula is C20H16FN3O7S2. The van der Waals surface area contributed by atoms with Crippen LogP contribution in [-0.2, 0) is 19.5 Å². The summed E-state index contributed by atoms with van der Waals surface area (Å²) in [5.41, 5.74) is 0.978. The molecule has 4 heterocycles. The lowest BCUT2D eigenvalue weighted by Gasteiger charge is -2.30. The topological polar surface area (TPSA) is 141 Å². The van der Waals surface area contributed by atoms with Crippen molar-refractivity contribution < 1.29 is 41.3 Å². The number of thiophene rings is 1. The van der Waals surface area contributed by atoms with Crippen molar-refractivity contribution in [3.63, 3.8) is 0 Å². The lowest BCUT2D eigenvalue weighted by Crippen LogP contribution is -2.44. The number of nitrogens with zero attached hydrogens (tertiary/aromatic N) is 2. The fraction of sp³-hybridized carbons (Fsp3) is 0.150. The van der Waals surface area contributed by atoms with Crippen LogP contribution in [0.5, 0.6) is 0 Å². The number of nitrogens with one attached hydrogen (secondary N) is 1. The van der Waals surface area contributed by atoms with Crippen LogP contribution in [0.1, 0.15) is 22.5 Å². The molecule has 0 spiro atoms. The molecule has 2 aromatic heterocycles. The Kier molecular flexibility index (Phi) is 6.12. The second-order valence-corrected chi connectivity index (χ2v) is 9.10. The van der Waals surface area contributed by atoms with E-state index in [1.54, 1.807) is 6.07 Å². The Labute approximate surface area is 191 Å². The van der Waals surface area contributed by atoms with Crippen LogP contribution in [0.2, 0.25) is 0 Å². The molecule has 0 aliphatic carbocycles. The first kappa shape index (κ1) is 22.8. The van der Waals surface area contributed by atoms with Gasteiger partial charge in [-0.3, -0.25) is 4.55 Å². The first-order valence-corrected chi connectivity index (χ1v) is 11.6. The molecule has 2 bridgehead atoms. The molecule has 2 aliphatic rings. The molecule has 2 N–H and O–H groups in total. The molecule has 1 aromatic carbocycles. The number of halogens is 1. The third-order valence-corrected chi connectivity index (χ3v) is 6.53. The number of aromatic amines is 1. The standard InChI is InChI=1S/C15H11FN2O7S2.C5H5N/c16-8-3-1-7(2-4-8)11-5-9-10-6-17(12(14(19)20)13(9)26-11)15(21)18(10)25-27(22,23)24;1-2-4-6-5-3-1/h1-5,10,12H,6H2,(H,19,20)(H,22,23,24);1-5H/t10-,12+;/m1./s1. The van der Waals surface area contributed by atoms with Gasteiger partial charge in [0.1, 0.15) is 17.9 Å². The summed E-state index contributed by atoms with van der Waals surface area (Å²) < 4.78 is 48.6. The van der Waals surface area contributed by atoms with E-state index in [1.165, 1.54) is 24.3 Å². The van der Waals surface area contributed by atoms with Gasteiger partial charge in [0.25, 0.3) is 0 Å². The minimum atomic E-state index is -4.99. The highest BCUT2D eigenvalue weighted by atomic mass is 32.3. The van der Waals surface area contributed by atoms with E-state index in [1.807, 2.05) is 30.6 Å². The summed E-state index contributed by atoms with van der Waals surface area (Å²) in [6.45, 7) is -0.153. The lowest BCUT2D eigenvalue weighted by atomic mass is 9.98. The van der Waals surface area contributed by atoms with Gasteiger partial charge in [-0.1, -0.05) is 18.2 Å². The van der Waals surface area contributed by atoms with E-state index >= 15 is 0 Å². The highest BCUT2D eigenvalue weighted by molar-refractivity contribution is 7.80. The number of amides is 2. The van der Waals surface area contributed by atoms with Gasteiger partial charge in [-0.15, -0.1) is 15.6 Å². The Morgan fingerprint density at radius 3 is 2.39 bits per heavy atom. The van der Waals surface area contributed by atoms with E-state index in [0.29, 0.717) is 21.1 Å².